The van der Waals surface area contributed by atoms with E-state index in [0.29, 0.717) is 24.1 Å². The summed E-state index contributed by atoms with van der Waals surface area (Å²) in [4.78, 5) is 21.7. The highest BCUT2D eigenvalue weighted by Gasteiger charge is 2.35. The first kappa shape index (κ1) is 17.9. The molecule has 0 aromatic heterocycles. The molecule has 1 heterocycles. The van der Waals surface area contributed by atoms with Gasteiger partial charge in [-0.1, -0.05) is 43.5 Å². The highest BCUT2D eigenvalue weighted by atomic mass is 19.1. The number of para-hydroxylation sites is 1. The molecule has 0 N–H and O–H groups in total. The molecule has 1 aliphatic heterocycles. The molecule has 4 nitrogen and oxygen atoms in total. The summed E-state index contributed by atoms with van der Waals surface area (Å²) in [7, 11) is 2.09. The Kier molecular flexibility index (Phi) is 5.03. The topological polar surface area (TPSA) is 35.9 Å². The zero-order valence-electron chi connectivity index (χ0n) is 15.6. The van der Waals surface area contributed by atoms with Crippen LogP contribution in [-0.2, 0) is 4.79 Å². The van der Waals surface area contributed by atoms with Gasteiger partial charge in [0, 0.05) is 11.6 Å². The van der Waals surface area contributed by atoms with Gasteiger partial charge in [0.2, 0.25) is 0 Å². The Morgan fingerprint density at radius 1 is 1.11 bits per heavy atom. The molecule has 0 radical (unpaired) electrons. The van der Waals surface area contributed by atoms with Crippen molar-refractivity contribution < 1.29 is 9.18 Å². The van der Waals surface area contributed by atoms with Gasteiger partial charge < -0.3 is 0 Å². The van der Waals surface area contributed by atoms with Gasteiger partial charge in [-0.05, 0) is 44.2 Å². The Hall–Kier alpha value is -2.53. The lowest BCUT2D eigenvalue weighted by Gasteiger charge is -2.34. The summed E-state index contributed by atoms with van der Waals surface area (Å²) in [6.45, 7) is 0.544. The van der Waals surface area contributed by atoms with Crippen LogP contribution < -0.4 is 4.90 Å². The maximum Gasteiger partial charge on any atom is 0.278 e. The number of benzene rings is 2. The summed E-state index contributed by atoms with van der Waals surface area (Å²) >= 11 is 0. The molecule has 0 bridgehead atoms. The van der Waals surface area contributed by atoms with Gasteiger partial charge in [-0.2, -0.15) is 0 Å². The summed E-state index contributed by atoms with van der Waals surface area (Å²) in [5.74, 6) is -0.479. The van der Waals surface area contributed by atoms with E-state index in [9.17, 15) is 9.18 Å². The number of hydrogen-bond acceptors (Lipinski definition) is 3. The number of aliphatic imine (C=N–C) groups is 1. The van der Waals surface area contributed by atoms with Crippen molar-refractivity contribution >= 4 is 23.0 Å². The quantitative estimate of drug-likeness (QED) is 0.799. The van der Waals surface area contributed by atoms with Gasteiger partial charge >= 0.3 is 0 Å². The molecule has 1 fully saturated rings. The van der Waals surface area contributed by atoms with Crippen LogP contribution >= 0.6 is 0 Å². The van der Waals surface area contributed by atoms with Crippen molar-refractivity contribution in [3.63, 3.8) is 0 Å². The predicted octanol–water partition coefficient (Wildman–Crippen LogP) is 4.52. The van der Waals surface area contributed by atoms with E-state index in [1.165, 1.54) is 44.2 Å². The summed E-state index contributed by atoms with van der Waals surface area (Å²) in [5, 5.41) is 0. The van der Waals surface area contributed by atoms with E-state index in [4.69, 9.17) is 0 Å². The number of hydrogen-bond donors (Lipinski definition) is 0. The second kappa shape index (κ2) is 7.61. The third kappa shape index (κ3) is 3.65. The number of rotatable bonds is 4. The molecule has 0 spiro atoms. The first-order valence-electron chi connectivity index (χ1n) is 9.59. The molecule has 2 aliphatic rings. The predicted molar refractivity (Wildman–Crippen MR) is 106 cm³/mol. The average molecular weight is 365 g/mol. The maximum atomic E-state index is 13.5. The molecule has 27 heavy (non-hydrogen) atoms. The third-order valence-electron chi connectivity index (χ3n) is 5.51. The number of nitrogens with zero attached hydrogens (tertiary/aromatic N) is 3. The van der Waals surface area contributed by atoms with Crippen molar-refractivity contribution in [2.45, 2.75) is 38.1 Å². The van der Waals surface area contributed by atoms with Crippen LogP contribution in [0.4, 0.5) is 15.8 Å². The van der Waals surface area contributed by atoms with Crippen LogP contribution in [0.1, 0.15) is 37.7 Å². The van der Waals surface area contributed by atoms with Crippen molar-refractivity contribution in [1.29, 1.82) is 0 Å². The number of fused-ring (bicyclic) bond motifs is 1. The number of halogens is 1. The van der Waals surface area contributed by atoms with E-state index >= 15 is 0 Å². The van der Waals surface area contributed by atoms with Crippen molar-refractivity contribution in [2.24, 2.45) is 4.99 Å². The van der Waals surface area contributed by atoms with Gasteiger partial charge in [0.05, 0.1) is 18.0 Å². The Labute approximate surface area is 159 Å². The van der Waals surface area contributed by atoms with Gasteiger partial charge in [-0.15, -0.1) is 0 Å². The highest BCUT2D eigenvalue weighted by Crippen LogP contribution is 2.32. The fourth-order valence-corrected chi connectivity index (χ4v) is 4.05. The molecule has 1 amide bonds. The standard InChI is InChI=1S/C22H24FN3O/c1-25(18-10-3-2-4-11-18)15-26-20-13-6-5-12-19(20)21(22(26)27)24-17-9-7-8-16(23)14-17/h5-9,12-14,18H,2-4,10-11,15H2,1H3. The molecular formula is C22H24FN3O. The van der Waals surface area contributed by atoms with E-state index in [1.54, 1.807) is 17.0 Å². The largest absolute Gasteiger partial charge is 0.293 e. The molecule has 140 valence electrons. The van der Waals surface area contributed by atoms with Crippen molar-refractivity contribution in [2.75, 3.05) is 18.6 Å². The van der Waals surface area contributed by atoms with Gasteiger partial charge in [0.1, 0.15) is 11.5 Å². The van der Waals surface area contributed by atoms with Crippen LogP contribution in [0.15, 0.2) is 53.5 Å². The van der Waals surface area contributed by atoms with Crippen LogP contribution in [0, 0.1) is 5.82 Å². The summed E-state index contributed by atoms with van der Waals surface area (Å²) < 4.78 is 13.5. The Balaban J connectivity index is 1.63. The molecule has 1 saturated carbocycles. The summed E-state index contributed by atoms with van der Waals surface area (Å²) in [6, 6.07) is 14.3. The second-order valence-corrected chi connectivity index (χ2v) is 7.38. The highest BCUT2D eigenvalue weighted by molar-refractivity contribution is 6.54. The Bertz CT molecular complexity index is 873. The van der Waals surface area contributed by atoms with Gasteiger partial charge in [0.15, 0.2) is 0 Å². The second-order valence-electron chi connectivity index (χ2n) is 7.38. The van der Waals surface area contributed by atoms with E-state index in [-0.39, 0.29) is 11.7 Å². The van der Waals surface area contributed by atoms with Crippen LogP contribution in [0.2, 0.25) is 0 Å². The first-order valence-corrected chi connectivity index (χ1v) is 9.59. The molecule has 0 atom stereocenters. The number of carbonyl (C=O) groups is 1. The zero-order chi connectivity index (χ0) is 18.8. The van der Waals surface area contributed by atoms with Crippen LogP contribution in [0.3, 0.4) is 0 Å². The lowest BCUT2D eigenvalue weighted by Crippen LogP contribution is -2.44. The minimum Gasteiger partial charge on any atom is -0.293 e. The minimum atomic E-state index is -0.357. The number of anilines is 1. The van der Waals surface area contributed by atoms with Gasteiger partial charge in [-0.25, -0.2) is 9.38 Å². The average Bonchev–Trinajstić information content (AvgIpc) is 2.95. The van der Waals surface area contributed by atoms with Crippen molar-refractivity contribution in [3.8, 4) is 0 Å². The molecule has 5 heteroatoms. The SMILES string of the molecule is CN(CN1C(=O)C(=Nc2cccc(F)c2)c2ccccc21)C1CCCCC1. The monoisotopic (exact) mass is 365 g/mol. The van der Waals surface area contributed by atoms with E-state index < -0.39 is 0 Å². The summed E-state index contributed by atoms with van der Waals surface area (Å²) in [5.41, 5.74) is 2.52. The molecule has 0 unspecified atom stereocenters. The fraction of sp³-hybridized carbons (Fsp3) is 0.364. The molecular weight excluding hydrogens is 341 g/mol. The Morgan fingerprint density at radius 3 is 2.67 bits per heavy atom. The van der Waals surface area contributed by atoms with Crippen molar-refractivity contribution in [3.05, 3.63) is 59.9 Å². The van der Waals surface area contributed by atoms with E-state index in [1.807, 2.05) is 24.3 Å². The summed E-state index contributed by atoms with van der Waals surface area (Å²) in [6.07, 6.45) is 6.19. The molecule has 1 aliphatic carbocycles. The lowest BCUT2D eigenvalue weighted by atomic mass is 9.95. The van der Waals surface area contributed by atoms with E-state index in [0.717, 1.165) is 11.3 Å². The minimum absolute atomic E-state index is 0.122. The van der Waals surface area contributed by atoms with Gasteiger partial charge in [0.25, 0.3) is 5.91 Å². The smallest absolute Gasteiger partial charge is 0.278 e. The van der Waals surface area contributed by atoms with Crippen LogP contribution in [-0.4, -0.2) is 36.3 Å². The normalized spacial score (nSPS) is 19.1. The number of amides is 1. The zero-order valence-corrected chi connectivity index (χ0v) is 15.6. The van der Waals surface area contributed by atoms with Crippen LogP contribution in [0.25, 0.3) is 0 Å². The fourth-order valence-electron chi connectivity index (χ4n) is 4.05. The molecule has 0 saturated heterocycles. The Morgan fingerprint density at radius 2 is 1.89 bits per heavy atom. The molecule has 2 aromatic rings. The van der Waals surface area contributed by atoms with Gasteiger partial charge in [-0.3, -0.25) is 14.6 Å². The lowest BCUT2D eigenvalue weighted by molar-refractivity contribution is -0.112. The number of carbonyl (C=O) groups excluding carboxylic acids is 1. The molecule has 2 aromatic carbocycles. The maximum absolute atomic E-state index is 13.5. The van der Waals surface area contributed by atoms with E-state index in [2.05, 4.69) is 16.9 Å². The van der Waals surface area contributed by atoms with Crippen LogP contribution in [0.5, 0.6) is 0 Å². The first-order chi connectivity index (χ1) is 13.1. The van der Waals surface area contributed by atoms with Crippen molar-refractivity contribution in [1.82, 2.24) is 4.90 Å². The third-order valence-corrected chi connectivity index (χ3v) is 5.51. The molecule has 4 rings (SSSR count).